The first-order valence-corrected chi connectivity index (χ1v) is 6.37. The first-order valence-electron chi connectivity index (χ1n) is 6.37. The highest BCUT2D eigenvalue weighted by atomic mass is 16.5. The summed E-state index contributed by atoms with van der Waals surface area (Å²) >= 11 is 0. The smallest absolute Gasteiger partial charge is 0.257 e. The Morgan fingerprint density at radius 2 is 2.16 bits per heavy atom. The van der Waals surface area contributed by atoms with E-state index in [9.17, 15) is 4.79 Å². The van der Waals surface area contributed by atoms with Crippen LogP contribution in [0.5, 0.6) is 0 Å². The topological polar surface area (TPSA) is 47.4 Å². The number of nitrogens with zero attached hydrogens (tertiary/aromatic N) is 3. The molecule has 1 amide bonds. The van der Waals surface area contributed by atoms with Gasteiger partial charge in [-0.1, -0.05) is 12.1 Å². The maximum absolute atomic E-state index is 12.2. The quantitative estimate of drug-likeness (QED) is 0.845. The molecule has 0 saturated carbocycles. The van der Waals surface area contributed by atoms with E-state index in [-0.39, 0.29) is 5.91 Å². The third kappa shape index (κ3) is 2.46. The number of carbonyl (C=O) groups excluding carboxylic acids is 1. The molecule has 1 aromatic carbocycles. The van der Waals surface area contributed by atoms with Gasteiger partial charge in [0.25, 0.3) is 5.91 Å². The Balaban J connectivity index is 2.33. The van der Waals surface area contributed by atoms with Crippen molar-refractivity contribution in [3.63, 3.8) is 0 Å². The van der Waals surface area contributed by atoms with Gasteiger partial charge in [0, 0.05) is 20.7 Å². The molecule has 0 bridgehead atoms. The van der Waals surface area contributed by atoms with Crippen molar-refractivity contribution in [2.75, 3.05) is 18.6 Å². The van der Waals surface area contributed by atoms with Gasteiger partial charge >= 0.3 is 0 Å². The number of rotatable bonds is 4. The molecule has 1 atom stereocenters. The average molecular weight is 261 g/mol. The SMILES string of the molecule is CCO[C@H](C)C(=O)N(C)c1nc2ccccc2n1C. The third-order valence-electron chi connectivity index (χ3n) is 3.16. The van der Waals surface area contributed by atoms with E-state index >= 15 is 0 Å². The first-order chi connectivity index (χ1) is 9.06. The Hall–Kier alpha value is -1.88. The molecule has 5 heteroatoms. The Kier molecular flexibility index (Phi) is 3.85. The van der Waals surface area contributed by atoms with Gasteiger partial charge in [-0.05, 0) is 26.0 Å². The summed E-state index contributed by atoms with van der Waals surface area (Å²) in [6, 6.07) is 7.81. The van der Waals surface area contributed by atoms with E-state index in [1.807, 2.05) is 42.8 Å². The second-order valence-corrected chi connectivity index (χ2v) is 4.45. The molecular formula is C14H19N3O2. The van der Waals surface area contributed by atoms with Gasteiger partial charge in [0.15, 0.2) is 0 Å². The van der Waals surface area contributed by atoms with Gasteiger partial charge in [0.1, 0.15) is 6.10 Å². The van der Waals surface area contributed by atoms with Crippen LogP contribution in [-0.4, -0.2) is 35.2 Å². The molecule has 1 aromatic heterocycles. The van der Waals surface area contributed by atoms with E-state index in [2.05, 4.69) is 4.98 Å². The van der Waals surface area contributed by atoms with Crippen LogP contribution in [-0.2, 0) is 16.6 Å². The van der Waals surface area contributed by atoms with Crippen molar-refractivity contribution >= 4 is 22.9 Å². The zero-order chi connectivity index (χ0) is 14.0. The standard InChI is InChI=1S/C14H19N3O2/c1-5-19-10(2)13(18)17(4)14-15-11-8-6-7-9-12(11)16(14)3/h6-10H,5H2,1-4H3/t10-/m1/s1. The minimum absolute atomic E-state index is 0.0970. The number of imidazole rings is 1. The monoisotopic (exact) mass is 261 g/mol. The molecular weight excluding hydrogens is 242 g/mol. The van der Waals surface area contributed by atoms with E-state index in [0.717, 1.165) is 11.0 Å². The number of aryl methyl sites for hydroxylation is 1. The molecule has 1 heterocycles. The third-order valence-corrected chi connectivity index (χ3v) is 3.16. The zero-order valence-electron chi connectivity index (χ0n) is 11.8. The molecule has 0 aliphatic carbocycles. The van der Waals surface area contributed by atoms with Crippen LogP contribution >= 0.6 is 0 Å². The number of hydrogen-bond acceptors (Lipinski definition) is 3. The molecule has 0 radical (unpaired) electrons. The molecule has 2 rings (SSSR count). The number of fused-ring (bicyclic) bond motifs is 1. The summed E-state index contributed by atoms with van der Waals surface area (Å²) in [6.07, 6.45) is -0.463. The van der Waals surface area contributed by atoms with E-state index < -0.39 is 6.10 Å². The summed E-state index contributed by atoms with van der Waals surface area (Å²) < 4.78 is 7.24. The van der Waals surface area contributed by atoms with Crippen molar-refractivity contribution in [1.82, 2.24) is 9.55 Å². The zero-order valence-corrected chi connectivity index (χ0v) is 11.8. The maximum Gasteiger partial charge on any atom is 0.257 e. The van der Waals surface area contributed by atoms with E-state index in [1.54, 1.807) is 18.9 Å². The van der Waals surface area contributed by atoms with Gasteiger partial charge in [0.05, 0.1) is 11.0 Å². The van der Waals surface area contributed by atoms with Crippen LogP contribution in [0.2, 0.25) is 0 Å². The van der Waals surface area contributed by atoms with Crippen molar-refractivity contribution in [3.05, 3.63) is 24.3 Å². The molecule has 0 fully saturated rings. The Bertz CT molecular complexity index is 591. The summed E-state index contributed by atoms with van der Waals surface area (Å²) in [5, 5.41) is 0. The number of likely N-dealkylation sites (N-methyl/N-ethyl adjacent to an activating group) is 1. The van der Waals surface area contributed by atoms with Crippen LogP contribution in [0.3, 0.4) is 0 Å². The number of hydrogen-bond donors (Lipinski definition) is 0. The molecule has 0 unspecified atom stereocenters. The fourth-order valence-electron chi connectivity index (χ4n) is 2.13. The molecule has 0 aliphatic heterocycles. The van der Waals surface area contributed by atoms with Crippen molar-refractivity contribution in [2.45, 2.75) is 20.0 Å². The van der Waals surface area contributed by atoms with Gasteiger partial charge in [-0.2, -0.15) is 0 Å². The van der Waals surface area contributed by atoms with Crippen molar-refractivity contribution < 1.29 is 9.53 Å². The lowest BCUT2D eigenvalue weighted by Crippen LogP contribution is -2.37. The summed E-state index contributed by atoms with van der Waals surface area (Å²) in [4.78, 5) is 18.2. The summed E-state index contributed by atoms with van der Waals surface area (Å²) in [6.45, 7) is 4.15. The molecule has 0 spiro atoms. The minimum atomic E-state index is -0.463. The molecule has 0 N–H and O–H groups in total. The fourth-order valence-corrected chi connectivity index (χ4v) is 2.13. The Morgan fingerprint density at radius 3 is 2.79 bits per heavy atom. The molecule has 5 nitrogen and oxygen atoms in total. The first kappa shape index (κ1) is 13.5. The van der Waals surface area contributed by atoms with E-state index in [0.29, 0.717) is 12.6 Å². The van der Waals surface area contributed by atoms with Crippen molar-refractivity contribution in [3.8, 4) is 0 Å². The Morgan fingerprint density at radius 1 is 1.47 bits per heavy atom. The second kappa shape index (κ2) is 5.40. The summed E-state index contributed by atoms with van der Waals surface area (Å²) in [5.74, 6) is 0.526. The van der Waals surface area contributed by atoms with E-state index in [4.69, 9.17) is 4.74 Å². The van der Waals surface area contributed by atoms with Crippen LogP contribution in [0, 0.1) is 0 Å². The summed E-state index contributed by atoms with van der Waals surface area (Å²) in [7, 11) is 3.62. The molecule has 0 saturated heterocycles. The highest BCUT2D eigenvalue weighted by Gasteiger charge is 2.22. The molecule has 2 aromatic rings. The van der Waals surface area contributed by atoms with E-state index in [1.165, 1.54) is 0 Å². The summed E-state index contributed by atoms with van der Waals surface area (Å²) in [5.41, 5.74) is 1.88. The molecule has 102 valence electrons. The predicted molar refractivity (Wildman–Crippen MR) is 75.2 cm³/mol. The van der Waals surface area contributed by atoms with Crippen molar-refractivity contribution in [1.29, 1.82) is 0 Å². The average Bonchev–Trinajstić information content (AvgIpc) is 2.75. The minimum Gasteiger partial charge on any atom is -0.369 e. The van der Waals surface area contributed by atoms with Crippen LogP contribution < -0.4 is 4.90 Å². The Labute approximate surface area is 112 Å². The molecule has 0 aliphatic rings. The number of anilines is 1. The fraction of sp³-hybridized carbons (Fsp3) is 0.429. The van der Waals surface area contributed by atoms with Crippen LogP contribution in [0.15, 0.2) is 24.3 Å². The number of amides is 1. The largest absolute Gasteiger partial charge is 0.369 e. The van der Waals surface area contributed by atoms with Gasteiger partial charge in [-0.25, -0.2) is 4.98 Å². The lowest BCUT2D eigenvalue weighted by molar-refractivity contribution is -0.128. The van der Waals surface area contributed by atoms with Gasteiger partial charge < -0.3 is 9.30 Å². The highest BCUT2D eigenvalue weighted by molar-refractivity contribution is 5.96. The number of ether oxygens (including phenoxy) is 1. The van der Waals surface area contributed by atoms with Gasteiger partial charge in [-0.3, -0.25) is 9.69 Å². The maximum atomic E-state index is 12.2. The van der Waals surface area contributed by atoms with Gasteiger partial charge in [-0.15, -0.1) is 0 Å². The van der Waals surface area contributed by atoms with Crippen LogP contribution in [0.1, 0.15) is 13.8 Å². The van der Waals surface area contributed by atoms with Crippen molar-refractivity contribution in [2.24, 2.45) is 7.05 Å². The molecule has 19 heavy (non-hydrogen) atoms. The number of carbonyl (C=O) groups is 1. The normalized spacial score (nSPS) is 12.6. The van der Waals surface area contributed by atoms with Gasteiger partial charge in [0.2, 0.25) is 5.95 Å². The van der Waals surface area contributed by atoms with Crippen LogP contribution in [0.4, 0.5) is 5.95 Å². The number of aromatic nitrogens is 2. The number of para-hydroxylation sites is 2. The number of benzene rings is 1. The van der Waals surface area contributed by atoms with Crippen LogP contribution in [0.25, 0.3) is 11.0 Å². The second-order valence-electron chi connectivity index (χ2n) is 4.45. The highest BCUT2D eigenvalue weighted by Crippen LogP contribution is 2.20. The lowest BCUT2D eigenvalue weighted by atomic mass is 10.3. The lowest BCUT2D eigenvalue weighted by Gasteiger charge is -2.20. The predicted octanol–water partition coefficient (Wildman–Crippen LogP) is 1.96.